The Bertz CT molecular complexity index is 843. The Kier molecular flexibility index (Phi) is 6.05. The van der Waals surface area contributed by atoms with Gasteiger partial charge in [-0.05, 0) is 32.4 Å². The van der Waals surface area contributed by atoms with E-state index < -0.39 is 16.9 Å². The van der Waals surface area contributed by atoms with E-state index in [-0.39, 0.29) is 42.3 Å². The Morgan fingerprint density at radius 3 is 2.54 bits per heavy atom. The van der Waals surface area contributed by atoms with E-state index in [1.807, 2.05) is 0 Å². The number of carbonyl (C=O) groups excluding carboxylic acids is 2. The topological polar surface area (TPSA) is 114 Å². The lowest BCUT2D eigenvalue weighted by atomic mass is 10.0. The molecule has 0 aliphatic heterocycles. The third-order valence-corrected chi connectivity index (χ3v) is 3.52. The molecule has 1 aromatic heterocycles. The first kappa shape index (κ1) is 19.1. The molecule has 1 heterocycles. The van der Waals surface area contributed by atoms with Crippen LogP contribution in [0.2, 0.25) is 0 Å². The summed E-state index contributed by atoms with van der Waals surface area (Å²) in [5.41, 5.74) is 0.924. The second kappa shape index (κ2) is 8.24. The summed E-state index contributed by atoms with van der Waals surface area (Å²) in [6.07, 6.45) is 1.23. The molecule has 0 bridgehead atoms. The monoisotopic (exact) mass is 361 g/mol. The van der Waals surface area contributed by atoms with Crippen LogP contribution in [0.5, 0.6) is 0 Å². The predicted octanol–water partition coefficient (Wildman–Crippen LogP) is 2.51. The minimum atomic E-state index is -0.673. The highest BCUT2D eigenvalue weighted by atomic mass is 16.6. The van der Waals surface area contributed by atoms with E-state index in [1.54, 1.807) is 32.9 Å². The Labute approximate surface area is 149 Å². The molecule has 0 fully saturated rings. The minimum Gasteiger partial charge on any atom is -0.465 e. The average molecular weight is 361 g/mol. The van der Waals surface area contributed by atoms with Crippen LogP contribution >= 0.6 is 0 Å². The van der Waals surface area contributed by atoms with E-state index in [0.29, 0.717) is 0 Å². The quantitative estimate of drug-likeness (QED) is 0.423. The molecule has 2 rings (SSSR count). The Balaban J connectivity index is 2.66. The lowest BCUT2D eigenvalue weighted by Crippen LogP contribution is -2.16. The number of carbonyl (C=O) groups is 2. The zero-order valence-electron chi connectivity index (χ0n) is 14.7. The first-order valence-corrected chi connectivity index (χ1v) is 8.03. The smallest absolute Gasteiger partial charge is 0.341 e. The first-order chi connectivity index (χ1) is 12.4. The maximum Gasteiger partial charge on any atom is 0.341 e. The number of aromatic nitrogens is 2. The summed E-state index contributed by atoms with van der Waals surface area (Å²) in [6, 6.07) is 4.51. The van der Waals surface area contributed by atoms with Gasteiger partial charge >= 0.3 is 11.9 Å². The minimum absolute atomic E-state index is 0.0462. The maximum atomic E-state index is 12.3. The SMILES string of the molecule is CCOC(=O)Cn1ncc(C(=O)OCC)c1-c1cc(C)ccc1[N+](=O)[O-]. The molecule has 0 amide bonds. The highest BCUT2D eigenvalue weighted by Gasteiger charge is 2.27. The van der Waals surface area contributed by atoms with Crippen LogP contribution in [0.1, 0.15) is 29.8 Å². The van der Waals surface area contributed by atoms with E-state index in [2.05, 4.69) is 5.10 Å². The van der Waals surface area contributed by atoms with E-state index >= 15 is 0 Å². The molecule has 0 unspecified atom stereocenters. The third-order valence-electron chi connectivity index (χ3n) is 3.52. The van der Waals surface area contributed by atoms with Crippen LogP contribution in [0.25, 0.3) is 11.3 Å². The van der Waals surface area contributed by atoms with Crippen LogP contribution in [-0.4, -0.2) is 39.9 Å². The van der Waals surface area contributed by atoms with Crippen LogP contribution in [0, 0.1) is 17.0 Å². The van der Waals surface area contributed by atoms with Crippen molar-refractivity contribution >= 4 is 17.6 Å². The van der Waals surface area contributed by atoms with Gasteiger partial charge in [-0.15, -0.1) is 0 Å². The zero-order chi connectivity index (χ0) is 19.3. The van der Waals surface area contributed by atoms with Crippen molar-refractivity contribution in [3.05, 3.63) is 45.6 Å². The van der Waals surface area contributed by atoms with Crippen molar-refractivity contribution in [2.24, 2.45) is 0 Å². The molecule has 0 aliphatic rings. The molecule has 0 radical (unpaired) electrons. The predicted molar refractivity (Wildman–Crippen MR) is 91.6 cm³/mol. The third kappa shape index (κ3) is 4.05. The summed E-state index contributed by atoms with van der Waals surface area (Å²) >= 11 is 0. The van der Waals surface area contributed by atoms with Crippen molar-refractivity contribution in [2.75, 3.05) is 13.2 Å². The number of benzene rings is 1. The molecule has 1 aromatic carbocycles. The fourth-order valence-electron chi connectivity index (χ4n) is 2.48. The summed E-state index contributed by atoms with van der Waals surface area (Å²) in [5.74, 6) is -1.24. The lowest BCUT2D eigenvalue weighted by molar-refractivity contribution is -0.384. The van der Waals surface area contributed by atoms with Gasteiger partial charge in [0.15, 0.2) is 0 Å². The summed E-state index contributed by atoms with van der Waals surface area (Å²) < 4.78 is 11.1. The molecule has 2 aromatic rings. The second-order valence-electron chi connectivity index (χ2n) is 5.37. The van der Waals surface area contributed by atoms with Crippen molar-refractivity contribution in [3.8, 4) is 11.3 Å². The van der Waals surface area contributed by atoms with E-state index in [4.69, 9.17) is 9.47 Å². The summed E-state index contributed by atoms with van der Waals surface area (Å²) in [5, 5.41) is 15.5. The Morgan fingerprint density at radius 2 is 1.92 bits per heavy atom. The normalized spacial score (nSPS) is 10.4. The van der Waals surface area contributed by atoms with Crippen molar-refractivity contribution in [1.82, 2.24) is 9.78 Å². The number of hydrogen-bond acceptors (Lipinski definition) is 7. The fourth-order valence-corrected chi connectivity index (χ4v) is 2.48. The van der Waals surface area contributed by atoms with Crippen molar-refractivity contribution in [3.63, 3.8) is 0 Å². The van der Waals surface area contributed by atoms with Crippen LogP contribution in [0.15, 0.2) is 24.4 Å². The van der Waals surface area contributed by atoms with Gasteiger partial charge in [-0.2, -0.15) is 5.10 Å². The number of hydrogen-bond donors (Lipinski definition) is 0. The van der Waals surface area contributed by atoms with Crippen LogP contribution in [0.3, 0.4) is 0 Å². The van der Waals surface area contributed by atoms with Crippen molar-refractivity contribution in [1.29, 1.82) is 0 Å². The highest BCUT2D eigenvalue weighted by molar-refractivity contribution is 5.97. The fraction of sp³-hybridized carbons (Fsp3) is 0.353. The molecule has 26 heavy (non-hydrogen) atoms. The number of nitrogens with zero attached hydrogens (tertiary/aromatic N) is 3. The molecule has 9 nitrogen and oxygen atoms in total. The van der Waals surface area contributed by atoms with Gasteiger partial charge in [-0.3, -0.25) is 19.6 Å². The molecular weight excluding hydrogens is 342 g/mol. The molecule has 9 heteroatoms. The van der Waals surface area contributed by atoms with Crippen LogP contribution in [-0.2, 0) is 20.8 Å². The summed E-state index contributed by atoms with van der Waals surface area (Å²) in [7, 11) is 0. The summed E-state index contributed by atoms with van der Waals surface area (Å²) in [6.45, 7) is 5.12. The molecule has 0 saturated heterocycles. The van der Waals surface area contributed by atoms with Gasteiger partial charge in [-0.25, -0.2) is 4.79 Å². The number of nitro groups is 1. The van der Waals surface area contributed by atoms with E-state index in [0.717, 1.165) is 5.56 Å². The highest BCUT2D eigenvalue weighted by Crippen LogP contribution is 2.33. The van der Waals surface area contributed by atoms with Crippen LogP contribution < -0.4 is 0 Å². The van der Waals surface area contributed by atoms with Gasteiger partial charge in [-0.1, -0.05) is 6.07 Å². The van der Waals surface area contributed by atoms with Crippen molar-refractivity contribution < 1.29 is 24.0 Å². The van der Waals surface area contributed by atoms with Gasteiger partial charge in [0.1, 0.15) is 12.1 Å². The first-order valence-electron chi connectivity index (χ1n) is 8.03. The molecule has 0 atom stereocenters. The van der Waals surface area contributed by atoms with Gasteiger partial charge in [0, 0.05) is 6.07 Å². The number of esters is 2. The number of aryl methyl sites for hydroxylation is 1. The zero-order valence-corrected chi connectivity index (χ0v) is 14.7. The Hall–Kier alpha value is -3.23. The standard InChI is InChI=1S/C17H19N3O6/c1-4-25-15(21)10-19-16(13(9-18-19)17(22)26-5-2)12-8-11(3)6-7-14(12)20(23)24/h6-9H,4-5,10H2,1-3H3. The van der Waals surface area contributed by atoms with Gasteiger partial charge < -0.3 is 9.47 Å². The number of ether oxygens (including phenoxy) is 2. The summed E-state index contributed by atoms with van der Waals surface area (Å²) in [4.78, 5) is 35.0. The molecule has 0 N–H and O–H groups in total. The molecule has 0 saturated carbocycles. The molecule has 0 spiro atoms. The van der Waals surface area contributed by atoms with Crippen LogP contribution in [0.4, 0.5) is 5.69 Å². The van der Waals surface area contributed by atoms with Crippen molar-refractivity contribution in [2.45, 2.75) is 27.3 Å². The van der Waals surface area contributed by atoms with E-state index in [1.165, 1.54) is 16.9 Å². The molecule has 138 valence electrons. The largest absolute Gasteiger partial charge is 0.465 e. The second-order valence-corrected chi connectivity index (χ2v) is 5.37. The van der Waals surface area contributed by atoms with E-state index in [9.17, 15) is 19.7 Å². The van der Waals surface area contributed by atoms with Gasteiger partial charge in [0.05, 0.1) is 35.6 Å². The molecular formula is C17H19N3O6. The number of nitro benzene ring substituents is 1. The Morgan fingerprint density at radius 1 is 1.23 bits per heavy atom. The average Bonchev–Trinajstić information content (AvgIpc) is 2.98. The molecule has 0 aliphatic carbocycles. The van der Waals surface area contributed by atoms with Gasteiger partial charge in [0.2, 0.25) is 0 Å². The lowest BCUT2D eigenvalue weighted by Gasteiger charge is -2.10. The number of rotatable bonds is 7. The van der Waals surface area contributed by atoms with Gasteiger partial charge in [0.25, 0.3) is 5.69 Å². The maximum absolute atomic E-state index is 12.3.